The normalized spacial score (nSPS) is 24.4. The molecule has 238 valence electrons. The molecule has 4 saturated heterocycles. The Morgan fingerprint density at radius 3 is 1.86 bits per heavy atom. The van der Waals surface area contributed by atoms with Crippen molar-refractivity contribution in [3.8, 4) is 11.1 Å². The summed E-state index contributed by atoms with van der Waals surface area (Å²) in [5.74, 6) is 1.28. The molecule has 4 atom stereocenters. The van der Waals surface area contributed by atoms with Crippen LogP contribution in [-0.4, -0.2) is 95.3 Å². The van der Waals surface area contributed by atoms with E-state index in [0.717, 1.165) is 56.1 Å². The molecule has 44 heavy (non-hydrogen) atoms. The SMILES string of the molecule is CC(C)(C)OC(=O)N1CCC2CN(C(=O)c3ccccc3-c3ccccc3)C2C1.CC(C)(C)OC(=O)N1CCC2CNC2C1. The highest BCUT2D eigenvalue weighted by atomic mass is 16.6. The summed E-state index contributed by atoms with van der Waals surface area (Å²) in [5.41, 5.74) is 1.79. The van der Waals surface area contributed by atoms with E-state index in [1.54, 1.807) is 4.90 Å². The molecule has 0 saturated carbocycles. The van der Waals surface area contributed by atoms with Crippen molar-refractivity contribution in [2.45, 2.75) is 77.7 Å². The highest BCUT2D eigenvalue weighted by Crippen LogP contribution is 2.36. The van der Waals surface area contributed by atoms with E-state index < -0.39 is 5.60 Å². The van der Waals surface area contributed by atoms with Crippen molar-refractivity contribution < 1.29 is 23.9 Å². The Balaban J connectivity index is 0.000000215. The average Bonchev–Trinajstić information content (AvgIpc) is 2.93. The van der Waals surface area contributed by atoms with Crippen molar-refractivity contribution in [3.05, 3.63) is 60.2 Å². The zero-order chi connectivity index (χ0) is 31.6. The number of hydrogen-bond donors (Lipinski definition) is 1. The molecule has 0 bridgehead atoms. The zero-order valence-corrected chi connectivity index (χ0v) is 27.0. The lowest BCUT2D eigenvalue weighted by molar-refractivity contribution is -0.0385. The number of nitrogens with one attached hydrogen (secondary N) is 1. The topological polar surface area (TPSA) is 91.4 Å². The van der Waals surface area contributed by atoms with E-state index in [1.807, 2.05) is 106 Å². The summed E-state index contributed by atoms with van der Waals surface area (Å²) in [6.07, 6.45) is 1.56. The van der Waals surface area contributed by atoms with Crippen LogP contribution in [0, 0.1) is 11.8 Å². The van der Waals surface area contributed by atoms with E-state index in [4.69, 9.17) is 9.47 Å². The van der Waals surface area contributed by atoms with Gasteiger partial charge in [-0.05, 0) is 84.0 Å². The molecule has 0 spiro atoms. The number of likely N-dealkylation sites (tertiary alicyclic amines) is 3. The van der Waals surface area contributed by atoms with E-state index in [9.17, 15) is 14.4 Å². The lowest BCUT2D eigenvalue weighted by atomic mass is 9.81. The van der Waals surface area contributed by atoms with Gasteiger partial charge in [0.05, 0.1) is 6.04 Å². The van der Waals surface area contributed by atoms with Gasteiger partial charge >= 0.3 is 12.2 Å². The minimum absolute atomic E-state index is 0.0386. The van der Waals surface area contributed by atoms with Crippen LogP contribution in [0.2, 0.25) is 0 Å². The predicted octanol–water partition coefficient (Wildman–Crippen LogP) is 5.65. The molecular formula is C35H48N4O5. The fraction of sp³-hybridized carbons (Fsp3) is 0.571. The van der Waals surface area contributed by atoms with E-state index in [0.29, 0.717) is 30.6 Å². The van der Waals surface area contributed by atoms with Gasteiger partial charge in [-0.25, -0.2) is 9.59 Å². The van der Waals surface area contributed by atoms with Crippen LogP contribution in [0.15, 0.2) is 54.6 Å². The van der Waals surface area contributed by atoms with Gasteiger partial charge < -0.3 is 29.5 Å². The molecular weight excluding hydrogens is 556 g/mol. The molecule has 6 rings (SSSR count). The molecule has 3 amide bonds. The van der Waals surface area contributed by atoms with Gasteiger partial charge in [-0.1, -0.05) is 48.5 Å². The van der Waals surface area contributed by atoms with Crippen LogP contribution in [0.1, 0.15) is 64.7 Å². The third-order valence-electron chi connectivity index (χ3n) is 8.76. The smallest absolute Gasteiger partial charge is 0.410 e. The van der Waals surface area contributed by atoms with E-state index in [-0.39, 0.29) is 29.7 Å². The van der Waals surface area contributed by atoms with Crippen molar-refractivity contribution >= 4 is 18.1 Å². The number of amides is 3. The Labute approximate surface area is 261 Å². The zero-order valence-electron chi connectivity index (χ0n) is 27.0. The summed E-state index contributed by atoms with van der Waals surface area (Å²) in [7, 11) is 0. The van der Waals surface area contributed by atoms with Crippen molar-refractivity contribution in [1.82, 2.24) is 20.0 Å². The maximum Gasteiger partial charge on any atom is 0.410 e. The number of nitrogens with zero attached hydrogens (tertiary/aromatic N) is 3. The number of hydrogen-bond acceptors (Lipinski definition) is 6. The van der Waals surface area contributed by atoms with Crippen LogP contribution >= 0.6 is 0 Å². The first-order valence-electron chi connectivity index (χ1n) is 15.9. The second-order valence-electron chi connectivity index (χ2n) is 14.4. The van der Waals surface area contributed by atoms with Gasteiger partial charge in [-0.3, -0.25) is 4.79 Å². The number of fused-ring (bicyclic) bond motifs is 2. The van der Waals surface area contributed by atoms with Gasteiger partial charge in [0, 0.05) is 50.2 Å². The highest BCUT2D eigenvalue weighted by molar-refractivity contribution is 6.01. The Kier molecular flexibility index (Phi) is 9.25. The summed E-state index contributed by atoms with van der Waals surface area (Å²) >= 11 is 0. The Hall–Kier alpha value is -3.59. The molecule has 4 unspecified atom stereocenters. The van der Waals surface area contributed by atoms with Gasteiger partial charge in [0.1, 0.15) is 11.2 Å². The fourth-order valence-electron chi connectivity index (χ4n) is 6.33. The number of benzene rings is 2. The van der Waals surface area contributed by atoms with E-state index in [2.05, 4.69) is 5.32 Å². The molecule has 0 aromatic heterocycles. The van der Waals surface area contributed by atoms with Crippen LogP contribution in [0.4, 0.5) is 9.59 Å². The number of rotatable bonds is 2. The largest absolute Gasteiger partial charge is 0.444 e. The quantitative estimate of drug-likeness (QED) is 0.477. The lowest BCUT2D eigenvalue weighted by Gasteiger charge is -2.53. The maximum atomic E-state index is 13.4. The van der Waals surface area contributed by atoms with Crippen LogP contribution in [0.3, 0.4) is 0 Å². The fourth-order valence-corrected chi connectivity index (χ4v) is 6.33. The monoisotopic (exact) mass is 604 g/mol. The van der Waals surface area contributed by atoms with E-state index in [1.165, 1.54) is 0 Å². The molecule has 4 fully saturated rings. The molecule has 2 aromatic carbocycles. The summed E-state index contributed by atoms with van der Waals surface area (Å²) in [5, 5.41) is 3.35. The summed E-state index contributed by atoms with van der Waals surface area (Å²) in [4.78, 5) is 43.1. The standard InChI is InChI=1S/C24H28N2O3.C11H20N2O2/c1-24(2,3)29-23(28)25-14-13-18-15-26(21(18)16-25)22(27)20-12-8-7-11-19(20)17-9-5-4-6-10-17;1-11(2,3)15-10(14)13-5-4-8-6-12-9(8)7-13/h4-12,18,21H,13-16H2,1-3H3;8-9,12H,4-7H2,1-3H3. The summed E-state index contributed by atoms with van der Waals surface area (Å²) < 4.78 is 10.9. The van der Waals surface area contributed by atoms with Crippen molar-refractivity contribution in [2.24, 2.45) is 11.8 Å². The number of ether oxygens (including phenoxy) is 2. The Morgan fingerprint density at radius 1 is 0.727 bits per heavy atom. The number of piperidine rings is 2. The van der Waals surface area contributed by atoms with Gasteiger partial charge in [0.15, 0.2) is 0 Å². The molecule has 4 aliphatic rings. The molecule has 9 heteroatoms. The van der Waals surface area contributed by atoms with Gasteiger partial charge in [-0.15, -0.1) is 0 Å². The molecule has 0 aliphatic carbocycles. The Bertz CT molecular complexity index is 1330. The van der Waals surface area contributed by atoms with Crippen LogP contribution in [0.5, 0.6) is 0 Å². The van der Waals surface area contributed by atoms with Gasteiger partial charge in [0.2, 0.25) is 0 Å². The average molecular weight is 605 g/mol. The van der Waals surface area contributed by atoms with Crippen molar-refractivity contribution in [1.29, 1.82) is 0 Å². The first kappa shape index (κ1) is 31.8. The predicted molar refractivity (Wildman–Crippen MR) is 170 cm³/mol. The molecule has 1 N–H and O–H groups in total. The maximum absolute atomic E-state index is 13.4. The third kappa shape index (κ3) is 7.54. The lowest BCUT2D eigenvalue weighted by Crippen LogP contribution is -2.66. The van der Waals surface area contributed by atoms with Crippen LogP contribution in [-0.2, 0) is 9.47 Å². The van der Waals surface area contributed by atoms with Crippen LogP contribution < -0.4 is 5.32 Å². The summed E-state index contributed by atoms with van der Waals surface area (Å²) in [6.45, 7) is 16.1. The first-order chi connectivity index (χ1) is 20.8. The molecule has 0 radical (unpaired) electrons. The molecule has 4 heterocycles. The van der Waals surface area contributed by atoms with Gasteiger partial charge in [-0.2, -0.15) is 0 Å². The second kappa shape index (κ2) is 12.8. The molecule has 2 aromatic rings. The van der Waals surface area contributed by atoms with Crippen molar-refractivity contribution in [3.63, 3.8) is 0 Å². The second-order valence-corrected chi connectivity index (χ2v) is 14.4. The Morgan fingerprint density at radius 2 is 1.30 bits per heavy atom. The first-order valence-corrected chi connectivity index (χ1v) is 15.9. The highest BCUT2D eigenvalue weighted by Gasteiger charge is 2.47. The van der Waals surface area contributed by atoms with Crippen LogP contribution in [0.25, 0.3) is 11.1 Å². The minimum Gasteiger partial charge on any atom is -0.444 e. The molecule has 4 aliphatic heterocycles. The number of carbonyl (C=O) groups excluding carboxylic acids is 3. The number of carbonyl (C=O) groups is 3. The van der Waals surface area contributed by atoms with Gasteiger partial charge in [0.25, 0.3) is 5.91 Å². The summed E-state index contributed by atoms with van der Waals surface area (Å²) in [6, 6.07) is 18.3. The minimum atomic E-state index is -0.516. The van der Waals surface area contributed by atoms with Crippen molar-refractivity contribution in [2.75, 3.05) is 39.3 Å². The third-order valence-corrected chi connectivity index (χ3v) is 8.76. The molecule has 9 nitrogen and oxygen atoms in total. The van der Waals surface area contributed by atoms with E-state index >= 15 is 0 Å².